The van der Waals surface area contributed by atoms with Gasteiger partial charge in [0.05, 0.1) is 5.39 Å². The molecule has 12 nitrogen and oxygen atoms in total. The molecule has 36 heavy (non-hydrogen) atoms. The fraction of sp³-hybridized carbons (Fsp3) is 0.565. The largest absolute Gasteiger partial charge is 0.506 e. The molecule has 1 aliphatic heterocycles. The number of aromatic hydroxyl groups is 1. The average molecular weight is 528 g/mol. The van der Waals surface area contributed by atoms with Gasteiger partial charge in [0.1, 0.15) is 16.1 Å². The summed E-state index contributed by atoms with van der Waals surface area (Å²) in [6, 6.07) is 1.66. The lowest BCUT2D eigenvalue weighted by molar-refractivity contribution is -0.165. The van der Waals surface area contributed by atoms with Crippen LogP contribution in [0.5, 0.6) is 5.75 Å². The van der Waals surface area contributed by atoms with Crippen molar-refractivity contribution in [3.05, 3.63) is 27.4 Å². The number of hydrogen-bond acceptors (Lipinski definition) is 9. The van der Waals surface area contributed by atoms with E-state index in [1.54, 1.807) is 10.6 Å². The van der Waals surface area contributed by atoms with E-state index in [4.69, 9.17) is 20.4 Å². The molecular formula is C23H33N3O9S. The fourth-order valence-corrected chi connectivity index (χ4v) is 4.87. The number of thiophene rings is 1. The number of aliphatic hydroxyl groups excluding tert-OH is 2. The Morgan fingerprint density at radius 1 is 1.06 bits per heavy atom. The number of carboxylic acid groups (broad SMARTS) is 2. The second-order valence-electron chi connectivity index (χ2n) is 8.71. The molecule has 0 saturated carbocycles. The Bertz CT molecular complexity index is 1100. The van der Waals surface area contributed by atoms with Gasteiger partial charge in [0.25, 0.3) is 11.5 Å². The van der Waals surface area contributed by atoms with Gasteiger partial charge in [-0.1, -0.05) is 6.42 Å². The number of carbonyl (C=O) groups excluding carboxylic acids is 1. The van der Waals surface area contributed by atoms with Crippen LogP contribution in [-0.2, 0) is 9.59 Å². The number of carbonyl (C=O) groups is 3. The van der Waals surface area contributed by atoms with Crippen molar-refractivity contribution in [3.8, 4) is 5.75 Å². The summed E-state index contributed by atoms with van der Waals surface area (Å²) in [5.74, 6) is -4.24. The number of nitrogens with zero attached hydrogens (tertiary/aromatic N) is 2. The smallest absolute Gasteiger partial charge is 0.335 e. The number of amides is 1. The molecule has 0 aliphatic carbocycles. The van der Waals surface area contributed by atoms with Crippen LogP contribution < -0.4 is 10.9 Å². The summed E-state index contributed by atoms with van der Waals surface area (Å²) >= 11 is 1.39. The first kappa shape index (κ1) is 29.2. The molecule has 1 fully saturated rings. The number of fused-ring (bicyclic) bond motifs is 1. The lowest BCUT2D eigenvalue weighted by Gasteiger charge is -2.26. The highest BCUT2D eigenvalue weighted by molar-refractivity contribution is 7.16. The van der Waals surface area contributed by atoms with Crippen LogP contribution in [0.4, 0.5) is 0 Å². The first-order valence-corrected chi connectivity index (χ1v) is 12.5. The van der Waals surface area contributed by atoms with Gasteiger partial charge in [0.15, 0.2) is 12.2 Å². The summed E-state index contributed by atoms with van der Waals surface area (Å²) in [5.41, 5.74) is -0.580. The minimum absolute atomic E-state index is 0.0881. The van der Waals surface area contributed by atoms with Gasteiger partial charge < -0.3 is 35.7 Å². The summed E-state index contributed by atoms with van der Waals surface area (Å²) in [6.07, 6.45) is 0.103. The Labute approximate surface area is 211 Å². The minimum Gasteiger partial charge on any atom is -0.506 e. The number of carboxylic acids is 2. The molecule has 0 aromatic carbocycles. The van der Waals surface area contributed by atoms with Crippen LogP contribution in [0, 0.1) is 0 Å². The molecule has 1 amide bonds. The Morgan fingerprint density at radius 3 is 2.17 bits per heavy atom. The van der Waals surface area contributed by atoms with E-state index in [1.165, 1.54) is 30.6 Å². The highest BCUT2D eigenvalue weighted by atomic mass is 32.1. The first-order chi connectivity index (χ1) is 17.0. The second-order valence-corrected chi connectivity index (χ2v) is 9.60. The Kier molecular flexibility index (Phi) is 10.8. The van der Waals surface area contributed by atoms with Gasteiger partial charge in [0.2, 0.25) is 0 Å². The maximum atomic E-state index is 12.8. The molecule has 1 saturated heterocycles. The van der Waals surface area contributed by atoms with E-state index in [0.717, 1.165) is 26.1 Å². The highest BCUT2D eigenvalue weighted by Gasteiger charge is 2.29. The lowest BCUT2D eigenvalue weighted by Crippen LogP contribution is -2.39. The van der Waals surface area contributed by atoms with Crippen molar-refractivity contribution in [2.45, 2.75) is 57.8 Å². The number of aliphatic carboxylic acids is 2. The molecular weight excluding hydrogens is 494 g/mol. The number of rotatable bonds is 9. The zero-order valence-electron chi connectivity index (χ0n) is 20.2. The normalized spacial score (nSPS) is 15.7. The standard InChI is InChI=1S/C19H27N3O3S.C4H6O6/c1-13(2)22-18(25)15(16(23)14-7-12-26-19(14)22)17(24)20-8-6-11-21-9-4-3-5-10-21;5-1(3(7)8)2(6)4(9)10/h7,12-13,23H,3-6,8-11H2,1-2H3,(H,20,24);1-2,5-6H,(H,7,8)(H,9,10). The van der Waals surface area contributed by atoms with Gasteiger partial charge >= 0.3 is 11.9 Å². The third-order valence-electron chi connectivity index (χ3n) is 5.72. The maximum absolute atomic E-state index is 12.8. The molecule has 200 valence electrons. The lowest BCUT2D eigenvalue weighted by atomic mass is 10.1. The third kappa shape index (κ3) is 7.26. The van der Waals surface area contributed by atoms with Crippen LogP contribution in [0.25, 0.3) is 10.2 Å². The van der Waals surface area contributed by atoms with Crippen molar-refractivity contribution in [3.63, 3.8) is 0 Å². The van der Waals surface area contributed by atoms with Gasteiger partial charge in [-0.25, -0.2) is 9.59 Å². The van der Waals surface area contributed by atoms with Crippen LogP contribution >= 0.6 is 11.3 Å². The zero-order valence-corrected chi connectivity index (χ0v) is 21.0. The average Bonchev–Trinajstić information content (AvgIpc) is 3.31. The maximum Gasteiger partial charge on any atom is 0.335 e. The van der Waals surface area contributed by atoms with E-state index >= 15 is 0 Å². The summed E-state index contributed by atoms with van der Waals surface area (Å²) in [6.45, 7) is 7.50. The molecule has 0 spiro atoms. The van der Waals surface area contributed by atoms with Gasteiger partial charge in [-0.05, 0) is 64.2 Å². The van der Waals surface area contributed by atoms with Gasteiger partial charge in [0, 0.05) is 12.6 Å². The predicted molar refractivity (Wildman–Crippen MR) is 133 cm³/mol. The summed E-state index contributed by atoms with van der Waals surface area (Å²) < 4.78 is 1.59. The van der Waals surface area contributed by atoms with Crippen molar-refractivity contribution in [2.75, 3.05) is 26.2 Å². The minimum atomic E-state index is -2.27. The number of pyridine rings is 1. The third-order valence-corrected chi connectivity index (χ3v) is 6.63. The van der Waals surface area contributed by atoms with E-state index in [9.17, 15) is 24.3 Å². The van der Waals surface area contributed by atoms with E-state index in [2.05, 4.69) is 10.2 Å². The zero-order chi connectivity index (χ0) is 27.0. The van der Waals surface area contributed by atoms with Crippen LogP contribution in [0.3, 0.4) is 0 Å². The number of aromatic nitrogens is 1. The van der Waals surface area contributed by atoms with Crippen LogP contribution in [0.2, 0.25) is 0 Å². The highest BCUT2D eigenvalue weighted by Crippen LogP contribution is 2.31. The van der Waals surface area contributed by atoms with Gasteiger partial charge in [-0.2, -0.15) is 0 Å². The van der Waals surface area contributed by atoms with Crippen molar-refractivity contribution in [1.29, 1.82) is 0 Å². The van der Waals surface area contributed by atoms with Crippen LogP contribution in [0.15, 0.2) is 16.2 Å². The quantitative estimate of drug-likeness (QED) is 0.255. The van der Waals surface area contributed by atoms with Crippen LogP contribution in [-0.4, -0.2) is 91.2 Å². The van der Waals surface area contributed by atoms with Crippen molar-refractivity contribution in [1.82, 2.24) is 14.8 Å². The van der Waals surface area contributed by atoms with E-state index in [-0.39, 0.29) is 17.4 Å². The molecule has 2 atom stereocenters. The van der Waals surface area contributed by atoms with Gasteiger partial charge in [-0.15, -0.1) is 11.3 Å². The molecule has 13 heteroatoms. The molecule has 3 rings (SSSR count). The molecule has 1 aliphatic rings. The molecule has 0 radical (unpaired) electrons. The van der Waals surface area contributed by atoms with Crippen molar-refractivity contribution < 1.29 is 39.9 Å². The second kappa shape index (κ2) is 13.3. The number of hydrogen-bond donors (Lipinski definition) is 6. The monoisotopic (exact) mass is 527 g/mol. The first-order valence-electron chi connectivity index (χ1n) is 11.6. The van der Waals surface area contributed by atoms with E-state index in [1.807, 2.05) is 19.2 Å². The fourth-order valence-electron chi connectivity index (χ4n) is 3.84. The topological polar surface area (TPSA) is 190 Å². The Balaban J connectivity index is 0.000000388. The van der Waals surface area contributed by atoms with Crippen molar-refractivity contribution >= 4 is 39.4 Å². The summed E-state index contributed by atoms with van der Waals surface area (Å²) in [5, 5.41) is 48.2. The van der Waals surface area contributed by atoms with E-state index < -0.39 is 35.6 Å². The number of piperidine rings is 1. The number of likely N-dealkylation sites (tertiary alicyclic amines) is 1. The Morgan fingerprint density at radius 2 is 1.64 bits per heavy atom. The van der Waals surface area contributed by atoms with Crippen molar-refractivity contribution in [2.24, 2.45) is 0 Å². The number of nitrogens with one attached hydrogen (secondary N) is 1. The summed E-state index contributed by atoms with van der Waals surface area (Å²) in [7, 11) is 0. The SMILES string of the molecule is CC(C)n1c(=O)c(C(=O)NCCCN2CCCCC2)c(O)c2ccsc21.O=C(O)C(O)C(O)C(=O)O. The molecule has 6 N–H and O–H groups in total. The molecule has 0 bridgehead atoms. The van der Waals surface area contributed by atoms with E-state index in [0.29, 0.717) is 16.8 Å². The summed E-state index contributed by atoms with van der Waals surface area (Å²) in [4.78, 5) is 48.0. The molecule has 3 heterocycles. The Hall–Kier alpha value is -3.00. The van der Waals surface area contributed by atoms with Gasteiger partial charge in [-0.3, -0.25) is 14.2 Å². The molecule has 2 unspecified atom stereocenters. The number of aliphatic hydroxyl groups is 2. The predicted octanol–water partition coefficient (Wildman–Crippen LogP) is 0.833. The van der Waals surface area contributed by atoms with Crippen LogP contribution in [0.1, 0.15) is 55.9 Å². The molecule has 2 aromatic rings. The molecule has 2 aromatic heterocycles.